The number of hydrogen-bond acceptors (Lipinski definition) is 6. The summed E-state index contributed by atoms with van der Waals surface area (Å²) in [5, 5.41) is 2.57. The van der Waals surface area contributed by atoms with Crippen LogP contribution in [-0.2, 0) is 4.57 Å². The Bertz CT molecular complexity index is 1370. The Hall–Kier alpha value is -4.02. The van der Waals surface area contributed by atoms with Gasteiger partial charge in [0.25, 0.3) is 0 Å². The van der Waals surface area contributed by atoms with Gasteiger partial charge in [0.2, 0.25) is 0 Å². The van der Waals surface area contributed by atoms with Crippen molar-refractivity contribution in [3.63, 3.8) is 0 Å². The Kier molecular flexibility index (Phi) is 8.32. The van der Waals surface area contributed by atoms with Crippen LogP contribution in [0.4, 0.5) is 0 Å². The van der Waals surface area contributed by atoms with Crippen LogP contribution in [0.1, 0.15) is 0 Å². The van der Waals surface area contributed by atoms with Crippen molar-refractivity contribution in [2.75, 3.05) is 0 Å². The second-order valence-corrected chi connectivity index (χ2v) is 11.4. The van der Waals surface area contributed by atoms with Crippen LogP contribution < -0.4 is 23.2 Å². The van der Waals surface area contributed by atoms with Crippen molar-refractivity contribution >= 4 is 15.7 Å². The predicted molar refractivity (Wildman–Crippen MR) is 149 cm³/mol. The zero-order valence-electron chi connectivity index (χ0n) is 19.9. The summed E-state index contributed by atoms with van der Waals surface area (Å²) in [5.41, 5.74) is 1.80. The third-order valence-electron chi connectivity index (χ3n) is 5.02. The van der Waals surface area contributed by atoms with Gasteiger partial charge in [-0.1, -0.05) is 24.8 Å². The van der Waals surface area contributed by atoms with Crippen LogP contribution in [0.25, 0.3) is 11.1 Å². The normalized spacial score (nSPS) is 12.9. The summed E-state index contributed by atoms with van der Waals surface area (Å²) in [6.45, 7) is 7.23. The van der Waals surface area contributed by atoms with Gasteiger partial charge in [-0.15, -0.1) is 0 Å². The fourth-order valence-electron chi connectivity index (χ4n) is 3.30. The van der Waals surface area contributed by atoms with Gasteiger partial charge in [-0.3, -0.25) is 0 Å². The Morgan fingerprint density at radius 2 is 1.05 bits per heavy atom. The summed E-state index contributed by atoms with van der Waals surface area (Å²) in [6, 6.07) is 31.9. The van der Waals surface area contributed by atoms with E-state index in [1.165, 1.54) is 12.0 Å². The Morgan fingerprint density at radius 3 is 1.51 bits per heavy atom. The summed E-state index contributed by atoms with van der Waals surface area (Å²) >= 11 is 0. The molecule has 0 radical (unpaired) electrons. The average Bonchev–Trinajstić information content (AvgIpc) is 2.91. The van der Waals surface area contributed by atoms with Crippen LogP contribution in [0.15, 0.2) is 134 Å². The van der Waals surface area contributed by atoms with Crippen molar-refractivity contribution in [1.82, 2.24) is 5.09 Å². The Morgan fingerprint density at radius 1 is 0.649 bits per heavy atom. The fourth-order valence-corrected chi connectivity index (χ4v) is 5.62. The summed E-state index contributed by atoms with van der Waals surface area (Å²) in [7, 11) is -7.40. The Labute approximate surface area is 216 Å². The molecular weight excluding hydrogens is 508 g/mol. The van der Waals surface area contributed by atoms with Gasteiger partial charge in [0.15, 0.2) is 0 Å². The van der Waals surface area contributed by atoms with Gasteiger partial charge >= 0.3 is 168 Å². The van der Waals surface area contributed by atoms with Crippen molar-refractivity contribution in [2.24, 2.45) is 0 Å². The molecule has 4 aromatic rings. The molecule has 2 N–H and O–H groups in total. The molecule has 0 fully saturated rings. The van der Waals surface area contributed by atoms with E-state index >= 15 is 0 Å². The maximum absolute atomic E-state index is 13.1. The zero-order valence-corrected chi connectivity index (χ0v) is 21.8. The molecule has 190 valence electrons. The van der Waals surface area contributed by atoms with Gasteiger partial charge < -0.3 is 0 Å². The van der Waals surface area contributed by atoms with E-state index in [0.717, 1.165) is 11.1 Å². The van der Waals surface area contributed by atoms with Gasteiger partial charge in [-0.2, -0.15) is 0 Å². The maximum atomic E-state index is 13.1. The summed E-state index contributed by atoms with van der Waals surface area (Å²) in [6.07, 6.45) is 1.27. The van der Waals surface area contributed by atoms with Crippen LogP contribution in [0, 0.1) is 0 Å². The van der Waals surface area contributed by atoms with Crippen LogP contribution in [0.3, 0.4) is 0 Å². The molecule has 4 rings (SSSR count). The molecular formula is C28H27NO6P2. The fraction of sp³-hybridized carbons (Fsp3) is 0. The molecule has 7 nitrogen and oxygen atoms in total. The van der Waals surface area contributed by atoms with Crippen LogP contribution in [0.5, 0.6) is 23.0 Å². The number of benzene rings is 4. The molecule has 0 aromatic heterocycles. The first-order valence-electron chi connectivity index (χ1n) is 11.3. The third-order valence-corrected chi connectivity index (χ3v) is 7.99. The van der Waals surface area contributed by atoms with Crippen molar-refractivity contribution in [3.8, 4) is 34.1 Å². The molecule has 1 unspecified atom stereocenters. The first kappa shape index (κ1) is 26.1. The van der Waals surface area contributed by atoms with Crippen LogP contribution >= 0.6 is 15.7 Å². The third kappa shape index (κ3) is 7.25. The molecule has 37 heavy (non-hydrogen) atoms. The second kappa shape index (κ2) is 11.8. The number of nitrogens with one attached hydrogen (secondary N) is 1. The molecule has 4 aromatic carbocycles. The number of rotatable bonds is 12. The van der Waals surface area contributed by atoms with Crippen molar-refractivity contribution in [1.29, 1.82) is 0 Å². The van der Waals surface area contributed by atoms with E-state index in [0.29, 0.717) is 23.0 Å². The second-order valence-electron chi connectivity index (χ2n) is 7.73. The molecule has 0 spiro atoms. The molecule has 0 amide bonds. The van der Waals surface area contributed by atoms with E-state index in [4.69, 9.17) is 18.1 Å². The first-order valence-corrected chi connectivity index (χ1v) is 14.7. The van der Waals surface area contributed by atoms with Gasteiger partial charge in [0, 0.05) is 6.20 Å². The van der Waals surface area contributed by atoms with E-state index in [1.807, 2.05) is 48.5 Å². The predicted octanol–water partition coefficient (Wildman–Crippen LogP) is 7.74. The van der Waals surface area contributed by atoms with Gasteiger partial charge in [0.05, 0.1) is 0 Å². The monoisotopic (exact) mass is 535 g/mol. The van der Waals surface area contributed by atoms with E-state index in [1.54, 1.807) is 60.7 Å². The first-order chi connectivity index (χ1) is 17.9. The summed E-state index contributed by atoms with van der Waals surface area (Å²) < 4.78 is 35.8. The standard InChI is InChI=1S/C28H27NO6P2/c1-3-29-37(31,34-26-13-9-6-10-14-26)35-28-21-17-24(18-22-28)23-15-19-27(20-16-23)33-36(30,4-2)32-25-11-7-5-8-12-25/h3-22,30,36H,1-2H2,(H,29,31). The molecule has 0 saturated heterocycles. The molecule has 1 atom stereocenters. The van der Waals surface area contributed by atoms with E-state index < -0.39 is 15.7 Å². The molecule has 0 aliphatic carbocycles. The van der Waals surface area contributed by atoms with Gasteiger partial charge in [0.1, 0.15) is 5.75 Å². The summed E-state index contributed by atoms with van der Waals surface area (Å²) in [5.74, 6) is 3.02. The summed E-state index contributed by atoms with van der Waals surface area (Å²) in [4.78, 5) is 10.8. The number of para-hydroxylation sites is 2. The SMILES string of the molecule is C=CNP(=O)(Oc1ccccc1)Oc1ccc(-c2ccc(O[PH](O)(C=C)Oc3ccccc3)cc2)cc1. The molecule has 9 heteroatoms. The van der Waals surface area contributed by atoms with E-state index in [-0.39, 0.29) is 0 Å². The minimum absolute atomic E-state index is 0.359. The topological polar surface area (TPSA) is 86.3 Å². The molecule has 0 aliphatic heterocycles. The average molecular weight is 535 g/mol. The van der Waals surface area contributed by atoms with Crippen LogP contribution in [-0.4, -0.2) is 4.89 Å². The quantitative estimate of drug-likeness (QED) is 0.180. The van der Waals surface area contributed by atoms with E-state index in [9.17, 15) is 9.46 Å². The molecule has 0 heterocycles. The van der Waals surface area contributed by atoms with E-state index in [2.05, 4.69) is 18.2 Å². The van der Waals surface area contributed by atoms with Crippen LogP contribution in [0.2, 0.25) is 0 Å². The Balaban J connectivity index is 1.43. The minimum atomic E-state index is -3.73. The molecule has 0 bridgehead atoms. The molecule has 0 saturated carbocycles. The molecule has 0 aliphatic rings. The van der Waals surface area contributed by atoms with Gasteiger partial charge in [-0.25, -0.2) is 0 Å². The number of hydrogen-bond donors (Lipinski definition) is 2. The zero-order chi connectivity index (χ0) is 26.1. The van der Waals surface area contributed by atoms with Crippen molar-refractivity contribution in [2.45, 2.75) is 0 Å². The van der Waals surface area contributed by atoms with Crippen molar-refractivity contribution in [3.05, 3.63) is 134 Å². The van der Waals surface area contributed by atoms with Crippen molar-refractivity contribution < 1.29 is 27.6 Å². The van der Waals surface area contributed by atoms with Gasteiger partial charge in [-0.05, 0) is 12.1 Å².